The Morgan fingerprint density at radius 1 is 1.00 bits per heavy atom. The highest BCUT2D eigenvalue weighted by Crippen LogP contribution is 2.23. The zero-order chi connectivity index (χ0) is 11.5. The third-order valence-electron chi connectivity index (χ3n) is 2.23. The van der Waals surface area contributed by atoms with Crippen molar-refractivity contribution in [3.05, 3.63) is 48.5 Å². The van der Waals surface area contributed by atoms with Crippen LogP contribution in [0.4, 0.5) is 0 Å². The number of aromatic hydroxyl groups is 1. The van der Waals surface area contributed by atoms with E-state index in [9.17, 15) is 8.76 Å². The molecule has 0 saturated carbocycles. The van der Waals surface area contributed by atoms with Crippen LogP contribution >= 0.6 is 0 Å². The molecule has 3 nitrogen and oxygen atoms in total. The summed E-state index contributed by atoms with van der Waals surface area (Å²) < 4.78 is 21.6. The number of rotatable bonds is 2. The summed E-state index contributed by atoms with van der Waals surface area (Å²) in [4.78, 5) is 0.255. The van der Waals surface area contributed by atoms with Crippen LogP contribution in [0.2, 0.25) is 0 Å². The molecule has 0 spiro atoms. The molecule has 4 heteroatoms. The Morgan fingerprint density at radius 3 is 2.31 bits per heavy atom. The number of hydrogen-bond acceptors (Lipinski definition) is 3. The summed E-state index contributed by atoms with van der Waals surface area (Å²) in [5, 5.41) is 9.15. The van der Waals surface area contributed by atoms with Crippen LogP contribution in [0.25, 0.3) is 11.1 Å². The Hall–Kier alpha value is -1.65. The zero-order valence-electron chi connectivity index (χ0n) is 8.29. The van der Waals surface area contributed by atoms with Gasteiger partial charge in [0.2, 0.25) is 0 Å². The van der Waals surface area contributed by atoms with E-state index in [1.807, 2.05) is 6.07 Å². The van der Waals surface area contributed by atoms with E-state index in [1.54, 1.807) is 36.4 Å². The molecule has 0 fully saturated rings. The summed E-state index contributed by atoms with van der Waals surface area (Å²) in [6, 6.07) is 13.2. The van der Waals surface area contributed by atoms with Crippen LogP contribution in [-0.4, -0.2) is 13.9 Å². The van der Waals surface area contributed by atoms with E-state index < -0.39 is 11.1 Å². The van der Waals surface area contributed by atoms with E-state index in [-0.39, 0.29) is 10.6 Å². The second kappa shape index (κ2) is 4.47. The largest absolute Gasteiger partial charge is 0.768 e. The third kappa shape index (κ3) is 2.29. The van der Waals surface area contributed by atoms with Crippen LogP contribution in [-0.2, 0) is 11.1 Å². The number of phenolic OH excluding ortho intramolecular Hbond substituents is 1. The Kier molecular flexibility index (Phi) is 3.03. The highest BCUT2D eigenvalue weighted by Gasteiger charge is 1.99. The lowest BCUT2D eigenvalue weighted by atomic mass is 10.1. The van der Waals surface area contributed by atoms with Gasteiger partial charge in [-0.05, 0) is 46.5 Å². The number of hydrogen-bond donors (Lipinski definition) is 1. The lowest BCUT2D eigenvalue weighted by Gasteiger charge is -2.07. The lowest BCUT2D eigenvalue weighted by Crippen LogP contribution is -1.88. The molecule has 0 aliphatic rings. The Morgan fingerprint density at radius 2 is 1.69 bits per heavy atom. The highest BCUT2D eigenvalue weighted by atomic mass is 32.2. The minimum Gasteiger partial charge on any atom is -0.768 e. The van der Waals surface area contributed by atoms with Gasteiger partial charge in [0.25, 0.3) is 0 Å². The van der Waals surface area contributed by atoms with Gasteiger partial charge in [0, 0.05) is 4.90 Å². The van der Waals surface area contributed by atoms with Crippen LogP contribution < -0.4 is 0 Å². The first-order valence-corrected chi connectivity index (χ1v) is 5.73. The normalized spacial score (nSPS) is 12.3. The monoisotopic (exact) mass is 233 g/mol. The second-order valence-corrected chi connectivity index (χ2v) is 4.25. The molecule has 0 aliphatic carbocycles. The van der Waals surface area contributed by atoms with E-state index >= 15 is 0 Å². The minimum atomic E-state index is -2.22. The van der Waals surface area contributed by atoms with Crippen molar-refractivity contribution in [1.82, 2.24) is 0 Å². The Bertz CT molecular complexity index is 520. The first-order valence-electron chi connectivity index (χ1n) is 4.65. The molecule has 0 aliphatic heterocycles. The van der Waals surface area contributed by atoms with Crippen molar-refractivity contribution >= 4 is 11.1 Å². The van der Waals surface area contributed by atoms with Gasteiger partial charge in [-0.2, -0.15) is 0 Å². The maximum Gasteiger partial charge on any atom is 0.115 e. The van der Waals surface area contributed by atoms with Crippen LogP contribution in [0.3, 0.4) is 0 Å². The molecule has 0 bridgehead atoms. The summed E-state index contributed by atoms with van der Waals surface area (Å²) in [5.74, 6) is 0.187. The molecule has 0 aromatic heterocycles. The van der Waals surface area contributed by atoms with Gasteiger partial charge in [-0.1, -0.05) is 24.3 Å². The predicted molar refractivity (Wildman–Crippen MR) is 60.7 cm³/mol. The molecule has 0 heterocycles. The molecule has 0 saturated heterocycles. The van der Waals surface area contributed by atoms with Crippen LogP contribution in [0.1, 0.15) is 0 Å². The average Bonchev–Trinajstić information content (AvgIpc) is 2.30. The van der Waals surface area contributed by atoms with Gasteiger partial charge in [-0.3, -0.25) is 4.21 Å². The summed E-state index contributed by atoms with van der Waals surface area (Å²) in [7, 11) is 0. The molecule has 0 amide bonds. The fourth-order valence-electron chi connectivity index (χ4n) is 1.43. The lowest BCUT2D eigenvalue weighted by molar-refractivity contribution is 0.475. The maximum atomic E-state index is 10.8. The fourth-order valence-corrected chi connectivity index (χ4v) is 1.85. The minimum absolute atomic E-state index is 0.187. The van der Waals surface area contributed by atoms with Gasteiger partial charge >= 0.3 is 0 Å². The first-order chi connectivity index (χ1) is 7.66. The van der Waals surface area contributed by atoms with Gasteiger partial charge in [0.05, 0.1) is 0 Å². The average molecular weight is 233 g/mol. The van der Waals surface area contributed by atoms with Crippen molar-refractivity contribution in [3.8, 4) is 16.9 Å². The fraction of sp³-hybridized carbons (Fsp3) is 0. The zero-order valence-corrected chi connectivity index (χ0v) is 9.11. The molecule has 16 heavy (non-hydrogen) atoms. The Balaban J connectivity index is 2.44. The van der Waals surface area contributed by atoms with Crippen LogP contribution in [0.5, 0.6) is 5.75 Å². The summed E-state index contributed by atoms with van der Waals surface area (Å²) in [6.45, 7) is 0. The molecular formula is C12H9O3S-. The standard InChI is InChI=1S/C12H10O3S/c13-11-6-4-9(5-7-11)10-2-1-3-12(8-10)16(14)15/h1-8,13H,(H,14,15)/p-1. The van der Waals surface area contributed by atoms with Crippen molar-refractivity contribution in [2.75, 3.05) is 0 Å². The molecule has 82 valence electrons. The predicted octanol–water partition coefficient (Wildman–Crippen LogP) is 2.30. The van der Waals surface area contributed by atoms with Crippen molar-refractivity contribution in [3.63, 3.8) is 0 Å². The van der Waals surface area contributed by atoms with Crippen molar-refractivity contribution in [2.24, 2.45) is 0 Å². The van der Waals surface area contributed by atoms with Gasteiger partial charge < -0.3 is 9.66 Å². The van der Waals surface area contributed by atoms with Crippen LogP contribution in [0.15, 0.2) is 53.4 Å². The van der Waals surface area contributed by atoms with Crippen molar-refractivity contribution < 1.29 is 13.9 Å². The van der Waals surface area contributed by atoms with Gasteiger partial charge in [-0.25, -0.2) is 0 Å². The molecule has 2 aromatic carbocycles. The van der Waals surface area contributed by atoms with Gasteiger partial charge in [-0.15, -0.1) is 0 Å². The van der Waals surface area contributed by atoms with E-state index in [1.165, 1.54) is 6.07 Å². The molecule has 1 N–H and O–H groups in total. The van der Waals surface area contributed by atoms with Crippen molar-refractivity contribution in [1.29, 1.82) is 0 Å². The van der Waals surface area contributed by atoms with Gasteiger partial charge in [0.15, 0.2) is 0 Å². The molecule has 2 rings (SSSR count). The van der Waals surface area contributed by atoms with Gasteiger partial charge in [0.1, 0.15) is 5.75 Å². The summed E-state index contributed by atoms with van der Waals surface area (Å²) >= 11 is -2.22. The SMILES string of the molecule is O=S([O-])c1cccc(-c2ccc(O)cc2)c1. The second-order valence-electron chi connectivity index (χ2n) is 3.31. The third-order valence-corrected chi connectivity index (χ3v) is 2.87. The van der Waals surface area contributed by atoms with E-state index in [0.717, 1.165) is 11.1 Å². The molecule has 0 radical (unpaired) electrons. The van der Waals surface area contributed by atoms with Crippen molar-refractivity contribution in [2.45, 2.75) is 4.90 Å². The number of benzene rings is 2. The smallest absolute Gasteiger partial charge is 0.115 e. The molecule has 1 unspecified atom stereocenters. The molecule has 1 atom stereocenters. The summed E-state index contributed by atoms with van der Waals surface area (Å²) in [5.41, 5.74) is 1.67. The topological polar surface area (TPSA) is 60.4 Å². The Labute approximate surface area is 95.7 Å². The summed E-state index contributed by atoms with van der Waals surface area (Å²) in [6.07, 6.45) is 0. The van der Waals surface area contributed by atoms with E-state index in [0.29, 0.717) is 0 Å². The van der Waals surface area contributed by atoms with Crippen LogP contribution in [0, 0.1) is 0 Å². The van der Waals surface area contributed by atoms with E-state index in [2.05, 4.69) is 0 Å². The first kappa shape index (κ1) is 10.9. The highest BCUT2D eigenvalue weighted by molar-refractivity contribution is 7.79. The maximum absolute atomic E-state index is 10.8. The molecule has 2 aromatic rings. The number of phenols is 1. The quantitative estimate of drug-likeness (QED) is 0.809. The molecular weight excluding hydrogens is 224 g/mol. The van der Waals surface area contributed by atoms with E-state index in [4.69, 9.17) is 5.11 Å².